The molecule has 0 radical (unpaired) electrons. The average molecular weight is 455 g/mol. The number of carbonyl (C=O) groups is 1. The van der Waals surface area contributed by atoms with Gasteiger partial charge in [0.05, 0.1) is 12.4 Å². The molecule has 4 aliphatic rings. The van der Waals surface area contributed by atoms with Gasteiger partial charge >= 0.3 is 0 Å². The monoisotopic (exact) mass is 454 g/mol. The van der Waals surface area contributed by atoms with Crippen LogP contribution in [0.4, 0.5) is 5.69 Å². The molecule has 1 aromatic heterocycles. The van der Waals surface area contributed by atoms with E-state index in [9.17, 15) is 4.79 Å². The van der Waals surface area contributed by atoms with Crippen LogP contribution < -0.4 is 10.1 Å². The maximum atomic E-state index is 12.5. The third-order valence-corrected chi connectivity index (χ3v) is 8.56. The topological polar surface area (TPSA) is 69.0 Å². The van der Waals surface area contributed by atoms with Gasteiger partial charge in [0, 0.05) is 18.7 Å². The molecule has 4 bridgehead atoms. The van der Waals surface area contributed by atoms with Crippen molar-refractivity contribution in [2.24, 2.45) is 23.2 Å². The predicted octanol–water partition coefficient (Wildman–Crippen LogP) is 5.19. The largest absolute Gasteiger partial charge is 0.494 e. The Labute approximate surface area is 194 Å². The van der Waals surface area contributed by atoms with E-state index in [0.717, 1.165) is 53.1 Å². The number of aromatic nitrogens is 3. The van der Waals surface area contributed by atoms with Crippen molar-refractivity contribution in [2.75, 3.05) is 17.7 Å². The van der Waals surface area contributed by atoms with Crippen LogP contribution in [-0.2, 0) is 17.8 Å². The number of thioether (sulfide) groups is 1. The van der Waals surface area contributed by atoms with Crippen molar-refractivity contribution in [1.29, 1.82) is 0 Å². The zero-order chi connectivity index (χ0) is 22.1. The van der Waals surface area contributed by atoms with Gasteiger partial charge in [0.25, 0.3) is 0 Å². The summed E-state index contributed by atoms with van der Waals surface area (Å²) in [6.07, 6.45) is 9.57. The standard InChI is InChI=1S/C25H34N4O2S/c1-3-29-22(15-25-12-17-9-18(13-25)11-19(10-17)14-25)27-28-24(29)32-16-23(30)26-20-5-7-21(8-6-20)31-4-2/h5-8,17-19H,3-4,9-16H2,1-2H3,(H,26,30). The van der Waals surface area contributed by atoms with Crippen LogP contribution in [0.3, 0.4) is 0 Å². The first-order valence-corrected chi connectivity index (χ1v) is 13.1. The Hall–Kier alpha value is -2.02. The molecule has 1 aromatic carbocycles. The van der Waals surface area contributed by atoms with Gasteiger partial charge in [-0.3, -0.25) is 4.79 Å². The number of anilines is 1. The number of ether oxygens (including phenoxy) is 1. The van der Waals surface area contributed by atoms with Crippen molar-refractivity contribution in [3.63, 3.8) is 0 Å². The smallest absolute Gasteiger partial charge is 0.234 e. The van der Waals surface area contributed by atoms with E-state index < -0.39 is 0 Å². The fourth-order valence-electron chi connectivity index (χ4n) is 6.84. The number of carbonyl (C=O) groups excluding carboxylic acids is 1. The highest BCUT2D eigenvalue weighted by Crippen LogP contribution is 2.61. The lowest BCUT2D eigenvalue weighted by atomic mass is 9.49. The Bertz CT molecular complexity index is 920. The minimum Gasteiger partial charge on any atom is -0.494 e. The van der Waals surface area contributed by atoms with Gasteiger partial charge in [-0.2, -0.15) is 0 Å². The second kappa shape index (κ2) is 9.08. The van der Waals surface area contributed by atoms with Gasteiger partial charge < -0.3 is 14.6 Å². The highest BCUT2D eigenvalue weighted by atomic mass is 32.2. The van der Waals surface area contributed by atoms with Crippen LogP contribution in [0.25, 0.3) is 0 Å². The summed E-state index contributed by atoms with van der Waals surface area (Å²) in [4.78, 5) is 12.5. The number of nitrogens with zero attached hydrogens (tertiary/aromatic N) is 3. The number of benzene rings is 1. The zero-order valence-corrected chi connectivity index (χ0v) is 20.0. The van der Waals surface area contributed by atoms with Crippen molar-refractivity contribution >= 4 is 23.4 Å². The van der Waals surface area contributed by atoms with Gasteiger partial charge in [0.1, 0.15) is 11.6 Å². The predicted molar refractivity (Wildman–Crippen MR) is 127 cm³/mol. The van der Waals surface area contributed by atoms with Crippen molar-refractivity contribution in [1.82, 2.24) is 14.8 Å². The molecule has 1 heterocycles. The molecule has 4 aliphatic carbocycles. The molecule has 0 atom stereocenters. The maximum absolute atomic E-state index is 12.5. The first-order chi connectivity index (χ1) is 15.6. The van der Waals surface area contributed by atoms with Gasteiger partial charge in [-0.15, -0.1) is 10.2 Å². The van der Waals surface area contributed by atoms with Crippen LogP contribution in [0.15, 0.2) is 29.4 Å². The average Bonchev–Trinajstić information content (AvgIpc) is 3.13. The fraction of sp³-hybridized carbons (Fsp3) is 0.640. The highest BCUT2D eigenvalue weighted by Gasteiger charge is 2.51. The molecular formula is C25H34N4O2S. The quantitative estimate of drug-likeness (QED) is 0.528. The SMILES string of the molecule is CCOc1ccc(NC(=O)CSc2nnc(CC34CC5CC(CC(C5)C3)C4)n2CC)cc1. The minimum atomic E-state index is -0.0348. The molecule has 7 heteroatoms. The Balaban J connectivity index is 1.19. The lowest BCUT2D eigenvalue weighted by Gasteiger charge is -2.56. The molecule has 1 N–H and O–H groups in total. The normalized spacial score (nSPS) is 28.1. The summed E-state index contributed by atoms with van der Waals surface area (Å²) < 4.78 is 7.68. The van der Waals surface area contributed by atoms with E-state index in [1.165, 1.54) is 50.3 Å². The molecule has 172 valence electrons. The van der Waals surface area contributed by atoms with E-state index in [1.54, 1.807) is 0 Å². The summed E-state index contributed by atoms with van der Waals surface area (Å²) in [5, 5.41) is 12.9. The Morgan fingerprint density at radius 3 is 2.34 bits per heavy atom. The Kier molecular flexibility index (Phi) is 6.19. The summed E-state index contributed by atoms with van der Waals surface area (Å²) in [7, 11) is 0. The molecule has 4 fully saturated rings. The fourth-order valence-corrected chi connectivity index (χ4v) is 7.67. The molecule has 0 unspecified atom stereocenters. The van der Waals surface area contributed by atoms with Crippen LogP contribution in [0.5, 0.6) is 5.75 Å². The van der Waals surface area contributed by atoms with Gasteiger partial charge in [0.15, 0.2) is 5.16 Å². The molecule has 1 amide bonds. The zero-order valence-electron chi connectivity index (χ0n) is 19.2. The number of hydrogen-bond acceptors (Lipinski definition) is 5. The lowest BCUT2D eigenvalue weighted by molar-refractivity contribution is -0.113. The summed E-state index contributed by atoms with van der Waals surface area (Å²) in [5.74, 6) is 5.04. The molecule has 0 spiro atoms. The van der Waals surface area contributed by atoms with Crippen LogP contribution in [0, 0.1) is 23.2 Å². The van der Waals surface area contributed by atoms with Crippen LogP contribution in [0.1, 0.15) is 58.2 Å². The molecule has 4 saturated carbocycles. The van der Waals surface area contributed by atoms with E-state index in [0.29, 0.717) is 17.8 Å². The summed E-state index contributed by atoms with van der Waals surface area (Å²) in [6.45, 7) is 5.58. The molecule has 32 heavy (non-hydrogen) atoms. The van der Waals surface area contributed by atoms with Crippen molar-refractivity contribution < 1.29 is 9.53 Å². The molecule has 2 aromatic rings. The van der Waals surface area contributed by atoms with E-state index in [1.807, 2.05) is 31.2 Å². The van der Waals surface area contributed by atoms with Gasteiger partial charge in [-0.1, -0.05) is 11.8 Å². The van der Waals surface area contributed by atoms with Crippen LogP contribution >= 0.6 is 11.8 Å². The summed E-state index contributed by atoms with van der Waals surface area (Å²) >= 11 is 1.48. The number of nitrogens with one attached hydrogen (secondary N) is 1. The molecule has 6 rings (SSSR count). The molecule has 0 saturated heterocycles. The van der Waals surface area contributed by atoms with Gasteiger partial charge in [0.2, 0.25) is 5.91 Å². The highest BCUT2D eigenvalue weighted by molar-refractivity contribution is 7.99. The van der Waals surface area contributed by atoms with Crippen molar-refractivity contribution in [3.8, 4) is 5.75 Å². The number of rotatable bonds is 9. The minimum absolute atomic E-state index is 0.0348. The second-order valence-electron chi connectivity index (χ2n) is 10.0. The van der Waals surface area contributed by atoms with Crippen LogP contribution in [0.2, 0.25) is 0 Å². The van der Waals surface area contributed by atoms with E-state index in [2.05, 4.69) is 27.0 Å². The van der Waals surface area contributed by atoms with Crippen LogP contribution in [-0.4, -0.2) is 33.0 Å². The van der Waals surface area contributed by atoms with E-state index >= 15 is 0 Å². The Morgan fingerprint density at radius 1 is 1.09 bits per heavy atom. The lowest BCUT2D eigenvalue weighted by Crippen LogP contribution is -2.47. The van der Waals surface area contributed by atoms with Gasteiger partial charge in [-0.25, -0.2) is 0 Å². The van der Waals surface area contributed by atoms with Crippen molar-refractivity contribution in [2.45, 2.75) is 70.5 Å². The first kappa shape index (κ1) is 21.8. The maximum Gasteiger partial charge on any atom is 0.234 e. The molecular weight excluding hydrogens is 420 g/mol. The third kappa shape index (κ3) is 4.54. The number of amides is 1. The third-order valence-electron chi connectivity index (χ3n) is 7.59. The second-order valence-corrected chi connectivity index (χ2v) is 11.0. The summed E-state index contributed by atoms with van der Waals surface area (Å²) in [6, 6.07) is 7.48. The van der Waals surface area contributed by atoms with Crippen molar-refractivity contribution in [3.05, 3.63) is 30.1 Å². The Morgan fingerprint density at radius 2 is 1.75 bits per heavy atom. The first-order valence-electron chi connectivity index (χ1n) is 12.1. The van der Waals surface area contributed by atoms with E-state index in [-0.39, 0.29) is 5.91 Å². The van der Waals surface area contributed by atoms with E-state index in [4.69, 9.17) is 4.74 Å². The van der Waals surface area contributed by atoms with Gasteiger partial charge in [-0.05, 0) is 99.8 Å². The molecule has 0 aliphatic heterocycles. The summed E-state index contributed by atoms with van der Waals surface area (Å²) in [5.41, 5.74) is 1.22. The molecule has 6 nitrogen and oxygen atoms in total. The number of hydrogen-bond donors (Lipinski definition) is 1.